The van der Waals surface area contributed by atoms with Crippen LogP contribution in [0.1, 0.15) is 5.56 Å². The van der Waals surface area contributed by atoms with Crippen LogP contribution in [0.5, 0.6) is 5.75 Å². The van der Waals surface area contributed by atoms with Gasteiger partial charge in [-0.15, -0.1) is 0 Å². The lowest BCUT2D eigenvalue weighted by atomic mass is 10.2. The summed E-state index contributed by atoms with van der Waals surface area (Å²) in [4.78, 5) is -0.0605. The van der Waals surface area contributed by atoms with E-state index in [-0.39, 0.29) is 21.9 Å². The molecule has 0 radical (unpaired) electrons. The molecule has 2 aromatic carbocycles. The summed E-state index contributed by atoms with van der Waals surface area (Å²) in [7, 11) is -3.85. The minimum Gasteiger partial charge on any atom is -0.506 e. The zero-order chi connectivity index (χ0) is 14.0. The van der Waals surface area contributed by atoms with Crippen molar-refractivity contribution in [1.29, 1.82) is 0 Å². The third kappa shape index (κ3) is 2.85. The summed E-state index contributed by atoms with van der Waals surface area (Å²) in [6.45, 7) is 1.48. The molecule has 0 saturated carbocycles. The number of anilines is 1. The van der Waals surface area contributed by atoms with Crippen molar-refractivity contribution in [3.05, 3.63) is 53.8 Å². The highest BCUT2D eigenvalue weighted by molar-refractivity contribution is 7.92. The van der Waals surface area contributed by atoms with Gasteiger partial charge in [-0.05, 0) is 42.8 Å². The van der Waals surface area contributed by atoms with Crippen LogP contribution in [0.2, 0.25) is 0 Å². The Kier molecular flexibility index (Phi) is 3.44. The molecule has 6 heteroatoms. The van der Waals surface area contributed by atoms with Gasteiger partial charge < -0.3 is 5.11 Å². The van der Waals surface area contributed by atoms with Crippen molar-refractivity contribution in [2.45, 2.75) is 11.8 Å². The molecular weight excluding hydrogens is 269 g/mol. The van der Waals surface area contributed by atoms with Crippen LogP contribution in [-0.2, 0) is 10.0 Å². The summed E-state index contributed by atoms with van der Waals surface area (Å²) >= 11 is 0. The molecule has 2 rings (SSSR count). The van der Waals surface area contributed by atoms with Gasteiger partial charge in [0.2, 0.25) is 0 Å². The Morgan fingerprint density at radius 3 is 2.47 bits per heavy atom. The van der Waals surface area contributed by atoms with E-state index in [1.165, 1.54) is 31.2 Å². The number of aromatic hydroxyl groups is 1. The molecule has 0 aliphatic heterocycles. The van der Waals surface area contributed by atoms with E-state index < -0.39 is 15.8 Å². The van der Waals surface area contributed by atoms with Crippen molar-refractivity contribution in [3.8, 4) is 5.75 Å². The maximum absolute atomic E-state index is 13.1. The van der Waals surface area contributed by atoms with Gasteiger partial charge in [-0.25, -0.2) is 12.8 Å². The molecule has 0 bridgehead atoms. The van der Waals surface area contributed by atoms with Crippen LogP contribution < -0.4 is 4.72 Å². The largest absolute Gasteiger partial charge is 0.506 e. The number of phenolic OH excluding ortho intramolecular Hbond substituents is 1. The van der Waals surface area contributed by atoms with Crippen molar-refractivity contribution >= 4 is 15.7 Å². The zero-order valence-corrected chi connectivity index (χ0v) is 10.9. The van der Waals surface area contributed by atoms with Crippen LogP contribution in [0, 0.1) is 12.7 Å². The van der Waals surface area contributed by atoms with Crippen molar-refractivity contribution in [2.75, 3.05) is 4.72 Å². The van der Waals surface area contributed by atoms with Gasteiger partial charge in [0.25, 0.3) is 10.0 Å². The highest BCUT2D eigenvalue weighted by atomic mass is 32.2. The van der Waals surface area contributed by atoms with Crippen molar-refractivity contribution < 1.29 is 17.9 Å². The Morgan fingerprint density at radius 2 is 1.84 bits per heavy atom. The Balaban J connectivity index is 2.38. The molecule has 0 aliphatic rings. The van der Waals surface area contributed by atoms with E-state index in [2.05, 4.69) is 4.72 Å². The molecule has 19 heavy (non-hydrogen) atoms. The number of benzene rings is 2. The summed E-state index contributed by atoms with van der Waals surface area (Å²) in [5.41, 5.74) is 0.310. The minimum atomic E-state index is -3.85. The smallest absolute Gasteiger partial charge is 0.262 e. The summed E-state index contributed by atoms with van der Waals surface area (Å²) < 4.78 is 39.5. The van der Waals surface area contributed by atoms with Gasteiger partial charge in [0.15, 0.2) is 0 Å². The first-order valence-corrected chi connectivity index (χ1v) is 6.95. The molecular formula is C13H12FNO3S. The van der Waals surface area contributed by atoms with Gasteiger partial charge in [-0.3, -0.25) is 4.72 Å². The van der Waals surface area contributed by atoms with Gasteiger partial charge in [-0.1, -0.05) is 12.1 Å². The van der Waals surface area contributed by atoms with Gasteiger partial charge in [0, 0.05) is 0 Å². The Morgan fingerprint density at radius 1 is 1.16 bits per heavy atom. The summed E-state index contributed by atoms with van der Waals surface area (Å²) in [5, 5.41) is 9.53. The number of sulfonamides is 1. The predicted octanol–water partition coefficient (Wildman–Crippen LogP) is 2.64. The monoisotopic (exact) mass is 281 g/mol. The Labute approximate surface area is 110 Å². The first-order valence-electron chi connectivity index (χ1n) is 5.47. The summed E-state index contributed by atoms with van der Waals surface area (Å²) in [5.74, 6) is -0.647. The first kappa shape index (κ1) is 13.4. The molecule has 0 heterocycles. The van der Waals surface area contributed by atoms with Gasteiger partial charge >= 0.3 is 0 Å². The predicted molar refractivity (Wildman–Crippen MR) is 70.1 cm³/mol. The lowest BCUT2D eigenvalue weighted by Gasteiger charge is -2.10. The van der Waals surface area contributed by atoms with E-state index in [4.69, 9.17) is 0 Å². The van der Waals surface area contributed by atoms with E-state index in [9.17, 15) is 17.9 Å². The quantitative estimate of drug-likeness (QED) is 0.850. The molecule has 0 aromatic heterocycles. The van der Waals surface area contributed by atoms with Crippen LogP contribution in [0.3, 0.4) is 0 Å². The van der Waals surface area contributed by atoms with Crippen LogP contribution in [0.25, 0.3) is 0 Å². The second-order valence-electron chi connectivity index (χ2n) is 4.03. The number of aryl methyl sites for hydroxylation is 1. The van der Waals surface area contributed by atoms with Crippen LogP contribution in [0.4, 0.5) is 10.1 Å². The molecule has 0 fully saturated rings. The fourth-order valence-electron chi connectivity index (χ4n) is 1.55. The molecule has 2 aromatic rings. The van der Waals surface area contributed by atoms with Crippen molar-refractivity contribution in [1.82, 2.24) is 0 Å². The number of nitrogens with one attached hydrogen (secondary N) is 1. The second-order valence-corrected chi connectivity index (χ2v) is 5.72. The standard InChI is InChI=1S/C13H12FNO3S/c1-9-8-10(6-7-11(9)14)19(17,18)15-12-4-2-3-5-13(12)16/h2-8,15-16H,1H3. The van der Waals surface area contributed by atoms with E-state index in [1.54, 1.807) is 12.1 Å². The lowest BCUT2D eigenvalue weighted by molar-refractivity contribution is 0.477. The SMILES string of the molecule is Cc1cc(S(=O)(=O)Nc2ccccc2O)ccc1F. The number of halogens is 1. The van der Waals surface area contributed by atoms with Gasteiger partial charge in [0.1, 0.15) is 11.6 Å². The number of rotatable bonds is 3. The number of hydrogen-bond donors (Lipinski definition) is 2. The maximum atomic E-state index is 13.1. The number of phenols is 1. The van der Waals surface area contributed by atoms with E-state index in [1.807, 2.05) is 0 Å². The van der Waals surface area contributed by atoms with Crippen molar-refractivity contribution in [2.24, 2.45) is 0 Å². The molecule has 0 saturated heterocycles. The Hall–Kier alpha value is -2.08. The molecule has 0 atom stereocenters. The number of hydrogen-bond acceptors (Lipinski definition) is 3. The molecule has 0 aliphatic carbocycles. The number of para-hydroxylation sites is 2. The van der Waals surface area contributed by atoms with E-state index >= 15 is 0 Å². The van der Waals surface area contributed by atoms with Crippen LogP contribution in [0.15, 0.2) is 47.4 Å². The summed E-state index contributed by atoms with van der Waals surface area (Å²) in [6.07, 6.45) is 0. The zero-order valence-electron chi connectivity index (χ0n) is 10.1. The average molecular weight is 281 g/mol. The average Bonchev–Trinajstić information content (AvgIpc) is 2.35. The highest BCUT2D eigenvalue weighted by Crippen LogP contribution is 2.25. The van der Waals surface area contributed by atoms with Gasteiger partial charge in [0.05, 0.1) is 10.6 Å². The molecule has 0 spiro atoms. The third-order valence-electron chi connectivity index (χ3n) is 2.59. The highest BCUT2D eigenvalue weighted by Gasteiger charge is 2.16. The van der Waals surface area contributed by atoms with Crippen LogP contribution >= 0.6 is 0 Å². The fraction of sp³-hybridized carbons (Fsp3) is 0.0769. The maximum Gasteiger partial charge on any atom is 0.262 e. The topological polar surface area (TPSA) is 66.4 Å². The molecule has 4 nitrogen and oxygen atoms in total. The van der Waals surface area contributed by atoms with Crippen LogP contribution in [-0.4, -0.2) is 13.5 Å². The molecule has 2 N–H and O–H groups in total. The second kappa shape index (κ2) is 4.89. The van der Waals surface area contributed by atoms with Crippen molar-refractivity contribution in [3.63, 3.8) is 0 Å². The minimum absolute atomic E-state index is 0.0605. The molecule has 0 unspecified atom stereocenters. The Bertz CT molecular complexity index is 714. The third-order valence-corrected chi connectivity index (χ3v) is 3.95. The van der Waals surface area contributed by atoms with Gasteiger partial charge in [-0.2, -0.15) is 0 Å². The first-order chi connectivity index (χ1) is 8.90. The molecule has 0 amide bonds. The molecule has 100 valence electrons. The normalized spacial score (nSPS) is 11.3. The fourth-order valence-corrected chi connectivity index (χ4v) is 2.71. The van der Waals surface area contributed by atoms with E-state index in [0.29, 0.717) is 0 Å². The lowest BCUT2D eigenvalue weighted by Crippen LogP contribution is -2.13. The summed E-state index contributed by atoms with van der Waals surface area (Å²) in [6, 6.07) is 9.47. The van der Waals surface area contributed by atoms with E-state index in [0.717, 1.165) is 6.07 Å².